The van der Waals surface area contributed by atoms with E-state index in [1.807, 2.05) is 0 Å². The molecule has 2 nitrogen and oxygen atoms in total. The molecule has 3 atom stereocenters. The predicted molar refractivity (Wildman–Crippen MR) is 139 cm³/mol. The quantitative estimate of drug-likeness (QED) is 0.524. The van der Waals surface area contributed by atoms with Crippen LogP contribution in [0.3, 0.4) is 0 Å². The molecular weight excluding hydrogens is 388 g/mol. The number of anilines is 1. The Morgan fingerprint density at radius 1 is 1.16 bits per heavy atom. The summed E-state index contributed by atoms with van der Waals surface area (Å²) >= 11 is 0. The normalized spacial score (nSPS) is 29.4. The van der Waals surface area contributed by atoms with E-state index in [0.717, 1.165) is 36.1 Å². The van der Waals surface area contributed by atoms with Crippen LogP contribution in [-0.4, -0.2) is 0 Å². The Bertz CT molecular complexity index is 1170. The monoisotopic (exact) mass is 426 g/mol. The van der Waals surface area contributed by atoms with Gasteiger partial charge in [-0.3, -0.25) is 0 Å². The molecule has 0 aliphatic heterocycles. The zero-order valence-electron chi connectivity index (χ0n) is 20.8. The molecular formula is C30H38N2. The van der Waals surface area contributed by atoms with Gasteiger partial charge >= 0.3 is 0 Å². The lowest BCUT2D eigenvalue weighted by atomic mass is 9.45. The minimum atomic E-state index is -0.163. The van der Waals surface area contributed by atoms with Gasteiger partial charge in [-0.2, -0.15) is 0 Å². The van der Waals surface area contributed by atoms with Gasteiger partial charge in [0.05, 0.1) is 0 Å². The minimum Gasteiger partial charge on any atom is -0.399 e. The Labute approximate surface area is 194 Å². The molecule has 3 aliphatic rings. The molecule has 0 saturated heterocycles. The molecule has 0 heterocycles. The van der Waals surface area contributed by atoms with Crippen molar-refractivity contribution in [2.24, 2.45) is 22.5 Å². The fourth-order valence-electron chi connectivity index (χ4n) is 7.24. The molecule has 0 saturated carbocycles. The summed E-state index contributed by atoms with van der Waals surface area (Å²) in [4.78, 5) is 0. The van der Waals surface area contributed by atoms with E-state index < -0.39 is 0 Å². The molecule has 4 rings (SSSR count). The second kappa shape index (κ2) is 7.13. The molecule has 3 aliphatic carbocycles. The lowest BCUT2D eigenvalue weighted by Gasteiger charge is -2.59. The molecule has 3 N–H and O–H groups in total. The van der Waals surface area contributed by atoms with Crippen molar-refractivity contribution in [3.05, 3.63) is 94.4 Å². The van der Waals surface area contributed by atoms with E-state index >= 15 is 0 Å². The van der Waals surface area contributed by atoms with E-state index in [-0.39, 0.29) is 10.8 Å². The predicted octanol–water partition coefficient (Wildman–Crippen LogP) is 7.53. The number of hydrogen-bond donors (Lipinski definition) is 2. The van der Waals surface area contributed by atoms with Gasteiger partial charge in [-0.05, 0) is 115 Å². The molecule has 168 valence electrons. The van der Waals surface area contributed by atoms with Crippen LogP contribution in [0.4, 0.5) is 5.69 Å². The van der Waals surface area contributed by atoms with E-state index in [9.17, 15) is 0 Å². The summed E-state index contributed by atoms with van der Waals surface area (Å²) in [5.74, 6) is 0.468. The van der Waals surface area contributed by atoms with Crippen molar-refractivity contribution >= 4 is 11.3 Å². The van der Waals surface area contributed by atoms with E-state index in [2.05, 4.69) is 79.2 Å². The number of rotatable bonds is 3. The molecule has 0 amide bonds. The second-order valence-corrected chi connectivity index (χ2v) is 10.7. The summed E-state index contributed by atoms with van der Waals surface area (Å²) in [5.41, 5.74) is 20.8. The molecule has 0 spiro atoms. The maximum atomic E-state index is 6.26. The van der Waals surface area contributed by atoms with E-state index in [1.54, 1.807) is 6.20 Å². The van der Waals surface area contributed by atoms with Gasteiger partial charge in [-0.1, -0.05) is 51.3 Å². The summed E-state index contributed by atoms with van der Waals surface area (Å²) in [5, 5.41) is 3.33. The number of nitrogens with one attached hydrogen (secondary N) is 1. The minimum absolute atomic E-state index is 0.0884. The zero-order chi connectivity index (χ0) is 23.7. The first-order chi connectivity index (χ1) is 14.9. The van der Waals surface area contributed by atoms with Crippen molar-refractivity contribution in [3.8, 4) is 0 Å². The molecule has 2 heteroatoms. The van der Waals surface area contributed by atoms with Crippen LogP contribution < -0.4 is 11.1 Å². The number of allylic oxidation sites excluding steroid dienone is 5. The molecule has 1 aromatic rings. The van der Waals surface area contributed by atoms with Crippen molar-refractivity contribution in [1.29, 1.82) is 0 Å². The van der Waals surface area contributed by atoms with Crippen molar-refractivity contribution in [3.63, 3.8) is 0 Å². The van der Waals surface area contributed by atoms with Crippen LogP contribution in [0.25, 0.3) is 5.57 Å². The summed E-state index contributed by atoms with van der Waals surface area (Å²) < 4.78 is 0. The largest absolute Gasteiger partial charge is 0.399 e. The van der Waals surface area contributed by atoms with Crippen LogP contribution in [0.1, 0.15) is 62.8 Å². The van der Waals surface area contributed by atoms with Crippen molar-refractivity contribution in [2.45, 2.75) is 60.8 Å². The summed E-state index contributed by atoms with van der Waals surface area (Å²) in [6, 6.07) is 2.31. The highest BCUT2D eigenvalue weighted by atomic mass is 14.8. The van der Waals surface area contributed by atoms with Gasteiger partial charge in [-0.25, -0.2) is 0 Å². The molecule has 0 bridgehead atoms. The Hall–Kier alpha value is -2.74. The Kier molecular flexibility index (Phi) is 5.01. The van der Waals surface area contributed by atoms with E-state index in [4.69, 9.17) is 5.73 Å². The molecule has 0 fully saturated rings. The highest BCUT2D eigenvalue weighted by molar-refractivity contribution is 5.87. The highest BCUT2D eigenvalue weighted by Gasteiger charge is 2.56. The average Bonchev–Trinajstić information content (AvgIpc) is 2.68. The fourth-order valence-corrected chi connectivity index (χ4v) is 7.24. The van der Waals surface area contributed by atoms with Gasteiger partial charge in [0.15, 0.2) is 0 Å². The van der Waals surface area contributed by atoms with Gasteiger partial charge in [0.1, 0.15) is 0 Å². The van der Waals surface area contributed by atoms with Crippen molar-refractivity contribution in [2.75, 3.05) is 5.32 Å². The van der Waals surface area contributed by atoms with E-state index in [0.29, 0.717) is 11.6 Å². The van der Waals surface area contributed by atoms with Crippen molar-refractivity contribution in [1.82, 2.24) is 0 Å². The van der Waals surface area contributed by atoms with Crippen LogP contribution in [0.5, 0.6) is 0 Å². The second-order valence-electron chi connectivity index (χ2n) is 10.7. The smallest absolute Gasteiger partial charge is 0.0415 e. The first-order valence-electron chi connectivity index (χ1n) is 11.6. The Morgan fingerprint density at radius 3 is 2.41 bits per heavy atom. The van der Waals surface area contributed by atoms with Gasteiger partial charge in [0.25, 0.3) is 0 Å². The third-order valence-corrected chi connectivity index (χ3v) is 9.11. The number of nitrogens with two attached hydrogens (primary N) is 1. The van der Waals surface area contributed by atoms with Crippen LogP contribution in [0.15, 0.2) is 72.1 Å². The SMILES string of the molecule is C=CNc1cc2c(c(C)c1C)C(=C)C1=C(C)[C@]3(C)C(=C)C(C(=C)N)=C(C)C[C@]3(C)CC1C2. The number of benzene rings is 1. The van der Waals surface area contributed by atoms with Crippen molar-refractivity contribution < 1.29 is 0 Å². The van der Waals surface area contributed by atoms with Gasteiger partial charge in [0.2, 0.25) is 0 Å². The summed E-state index contributed by atoms with van der Waals surface area (Å²) in [6.07, 6.45) is 4.95. The summed E-state index contributed by atoms with van der Waals surface area (Å²) in [6.45, 7) is 31.0. The maximum absolute atomic E-state index is 6.26. The van der Waals surface area contributed by atoms with Crippen LogP contribution >= 0.6 is 0 Å². The standard InChI is InChI=1S/C30H38N2/c1-11-32-25-13-23-12-24-15-29(9)14-16(2)26(22(8)31)20(6)30(29,10)21(7)28(24)19(5)27(23)18(4)17(25)3/h11,13,24,32H,1,5-6,8,12,14-15,31H2,2-4,7,9-10H3/t24?,29-,30+/m1/s1. The third-order valence-electron chi connectivity index (χ3n) is 9.11. The van der Waals surface area contributed by atoms with Crippen LogP contribution in [-0.2, 0) is 6.42 Å². The average molecular weight is 427 g/mol. The van der Waals surface area contributed by atoms with Gasteiger partial charge in [0, 0.05) is 16.8 Å². The molecule has 0 aromatic heterocycles. The van der Waals surface area contributed by atoms with Gasteiger partial charge in [-0.15, -0.1) is 0 Å². The molecule has 0 radical (unpaired) electrons. The van der Waals surface area contributed by atoms with Gasteiger partial charge < -0.3 is 11.1 Å². The molecule has 1 aromatic carbocycles. The first-order valence-corrected chi connectivity index (χ1v) is 11.6. The number of fused-ring (bicyclic) bond motifs is 3. The van der Waals surface area contributed by atoms with Crippen LogP contribution in [0.2, 0.25) is 0 Å². The number of hydrogen-bond acceptors (Lipinski definition) is 2. The van der Waals surface area contributed by atoms with E-state index in [1.165, 1.54) is 44.5 Å². The Morgan fingerprint density at radius 2 is 1.81 bits per heavy atom. The Balaban J connectivity index is 1.94. The lowest BCUT2D eigenvalue weighted by molar-refractivity contribution is 0.0878. The molecule has 1 unspecified atom stereocenters. The third kappa shape index (κ3) is 2.71. The topological polar surface area (TPSA) is 38.0 Å². The fraction of sp³-hybridized carbons (Fsp3) is 0.400. The summed E-state index contributed by atoms with van der Waals surface area (Å²) in [7, 11) is 0. The first kappa shape index (κ1) is 22.5. The molecule has 32 heavy (non-hydrogen) atoms. The zero-order valence-corrected chi connectivity index (χ0v) is 20.8. The maximum Gasteiger partial charge on any atom is 0.0415 e. The lowest BCUT2D eigenvalue weighted by Crippen LogP contribution is -2.49. The van der Waals surface area contributed by atoms with Crippen LogP contribution in [0, 0.1) is 30.6 Å². The highest BCUT2D eigenvalue weighted by Crippen LogP contribution is 2.67.